The maximum Gasteiger partial charge on any atom is 0.387 e. The number of alkyl halides is 2. The highest BCUT2D eigenvalue weighted by atomic mass is 127. The van der Waals surface area contributed by atoms with E-state index in [1.807, 2.05) is 35.6 Å². The maximum absolute atomic E-state index is 11.8. The van der Waals surface area contributed by atoms with Crippen molar-refractivity contribution in [1.29, 1.82) is 0 Å². The molecule has 0 fully saturated rings. The highest BCUT2D eigenvalue weighted by molar-refractivity contribution is 14.1. The van der Waals surface area contributed by atoms with Crippen LogP contribution in [0.25, 0.3) is 0 Å². The lowest BCUT2D eigenvalue weighted by atomic mass is 10.2. The molecule has 0 heterocycles. The topological polar surface area (TPSA) is 9.23 Å². The molecule has 4 heteroatoms. The normalized spacial score (nSPS) is 10.4. The molecule has 0 aliphatic carbocycles. The Labute approximate surface area is 82.9 Å². The van der Waals surface area contributed by atoms with Crippen molar-refractivity contribution in [3.05, 3.63) is 27.3 Å². The summed E-state index contributed by atoms with van der Waals surface area (Å²) in [6.07, 6.45) is 0. The zero-order valence-electron chi connectivity index (χ0n) is 6.35. The van der Waals surface area contributed by atoms with E-state index >= 15 is 0 Å². The molecule has 0 spiro atoms. The molecule has 0 N–H and O–H groups in total. The highest BCUT2D eigenvalue weighted by Crippen LogP contribution is 2.23. The van der Waals surface area contributed by atoms with Crippen LogP contribution in [0.4, 0.5) is 8.78 Å². The predicted octanol–water partition coefficient (Wildman–Crippen LogP) is 3.20. The summed E-state index contributed by atoms with van der Waals surface area (Å²) in [7, 11) is 0. The van der Waals surface area contributed by atoms with E-state index in [2.05, 4.69) is 4.74 Å². The fourth-order valence-electron chi connectivity index (χ4n) is 0.797. The van der Waals surface area contributed by atoms with Crippen molar-refractivity contribution >= 4 is 22.6 Å². The molecule has 1 aromatic carbocycles. The number of halogens is 3. The molecule has 0 radical (unpaired) electrons. The first-order valence-corrected chi connectivity index (χ1v) is 4.38. The molecule has 0 saturated heterocycles. The zero-order chi connectivity index (χ0) is 9.14. The van der Waals surface area contributed by atoms with E-state index in [0.29, 0.717) is 3.57 Å². The molecule has 0 unspecified atom stereocenters. The number of benzene rings is 1. The third-order valence-corrected chi connectivity index (χ3v) is 2.19. The lowest BCUT2D eigenvalue weighted by molar-refractivity contribution is -0.0504. The summed E-state index contributed by atoms with van der Waals surface area (Å²) < 4.78 is 28.6. The summed E-state index contributed by atoms with van der Waals surface area (Å²) in [4.78, 5) is 0. The van der Waals surface area contributed by atoms with Crippen LogP contribution in [-0.4, -0.2) is 6.61 Å². The summed E-state index contributed by atoms with van der Waals surface area (Å²) in [5.74, 6) is 0.241. The number of hydrogen-bond acceptors (Lipinski definition) is 1. The molecule has 1 aromatic rings. The molecular formula is C8H7F2IO. The van der Waals surface area contributed by atoms with Crippen LogP contribution in [0, 0.1) is 10.5 Å². The number of ether oxygens (including phenoxy) is 1. The van der Waals surface area contributed by atoms with E-state index in [-0.39, 0.29) is 5.75 Å². The van der Waals surface area contributed by atoms with Crippen LogP contribution in [0.1, 0.15) is 5.56 Å². The smallest absolute Gasteiger partial charge is 0.387 e. The SMILES string of the molecule is Cc1ccc(I)c(OC(F)F)c1. The largest absolute Gasteiger partial charge is 0.434 e. The summed E-state index contributed by atoms with van der Waals surface area (Å²) in [6, 6.07) is 5.18. The number of rotatable bonds is 2. The van der Waals surface area contributed by atoms with Crippen molar-refractivity contribution in [2.24, 2.45) is 0 Å². The van der Waals surface area contributed by atoms with E-state index in [4.69, 9.17) is 0 Å². The standard InChI is InChI=1S/C8H7F2IO/c1-5-2-3-6(11)7(4-5)12-8(9)10/h2-4,8H,1H3. The van der Waals surface area contributed by atoms with Crippen molar-refractivity contribution in [2.45, 2.75) is 13.5 Å². The molecule has 0 aromatic heterocycles. The highest BCUT2D eigenvalue weighted by Gasteiger charge is 2.07. The minimum absolute atomic E-state index is 0.241. The third-order valence-electron chi connectivity index (χ3n) is 1.30. The quantitative estimate of drug-likeness (QED) is 0.758. The first-order valence-electron chi connectivity index (χ1n) is 3.30. The minimum atomic E-state index is -2.75. The minimum Gasteiger partial charge on any atom is -0.434 e. The van der Waals surface area contributed by atoms with Gasteiger partial charge < -0.3 is 4.74 Å². The summed E-state index contributed by atoms with van der Waals surface area (Å²) in [5.41, 5.74) is 0.908. The van der Waals surface area contributed by atoms with Gasteiger partial charge in [-0.25, -0.2) is 0 Å². The Morgan fingerprint density at radius 1 is 1.42 bits per heavy atom. The van der Waals surface area contributed by atoms with Crippen LogP contribution in [0.2, 0.25) is 0 Å². The molecule has 0 aliphatic rings. The molecule has 0 saturated carbocycles. The molecule has 0 atom stereocenters. The van der Waals surface area contributed by atoms with Gasteiger partial charge in [-0.1, -0.05) is 6.07 Å². The molecule has 0 bridgehead atoms. The van der Waals surface area contributed by atoms with Crippen LogP contribution < -0.4 is 4.74 Å². The van der Waals surface area contributed by atoms with Crippen LogP contribution >= 0.6 is 22.6 Å². The van der Waals surface area contributed by atoms with Gasteiger partial charge in [0.05, 0.1) is 3.57 Å². The van der Waals surface area contributed by atoms with Crippen molar-refractivity contribution in [3.8, 4) is 5.75 Å². The van der Waals surface area contributed by atoms with Crippen LogP contribution in [-0.2, 0) is 0 Å². The second kappa shape index (κ2) is 4.02. The van der Waals surface area contributed by atoms with Crippen molar-refractivity contribution in [3.63, 3.8) is 0 Å². The molecular weight excluding hydrogens is 277 g/mol. The van der Waals surface area contributed by atoms with E-state index in [1.54, 1.807) is 12.1 Å². The molecule has 1 nitrogen and oxygen atoms in total. The average Bonchev–Trinajstić information content (AvgIpc) is 1.96. The van der Waals surface area contributed by atoms with Crippen molar-refractivity contribution < 1.29 is 13.5 Å². The molecule has 12 heavy (non-hydrogen) atoms. The molecule has 0 aliphatic heterocycles. The predicted molar refractivity (Wildman–Crippen MR) is 50.5 cm³/mol. The van der Waals surface area contributed by atoms with Gasteiger partial charge >= 0.3 is 6.61 Å². The Morgan fingerprint density at radius 3 is 2.67 bits per heavy atom. The second-order valence-electron chi connectivity index (χ2n) is 2.31. The van der Waals surface area contributed by atoms with Crippen LogP contribution in [0.5, 0.6) is 5.75 Å². The van der Waals surface area contributed by atoms with Gasteiger partial charge in [-0.2, -0.15) is 8.78 Å². The molecule has 1 rings (SSSR count). The van der Waals surface area contributed by atoms with E-state index in [0.717, 1.165) is 5.56 Å². The Bertz CT molecular complexity index is 276. The third kappa shape index (κ3) is 2.58. The maximum atomic E-state index is 11.8. The van der Waals surface area contributed by atoms with Gasteiger partial charge in [0.15, 0.2) is 0 Å². The Balaban J connectivity index is 2.90. The summed E-state index contributed by atoms with van der Waals surface area (Å²) >= 11 is 1.95. The fourth-order valence-corrected chi connectivity index (χ4v) is 1.26. The lowest BCUT2D eigenvalue weighted by Crippen LogP contribution is -2.03. The van der Waals surface area contributed by atoms with Gasteiger partial charge in [0.2, 0.25) is 0 Å². The number of aryl methyl sites for hydroxylation is 1. The van der Waals surface area contributed by atoms with Gasteiger partial charge in [0.25, 0.3) is 0 Å². The van der Waals surface area contributed by atoms with Crippen LogP contribution in [0.3, 0.4) is 0 Å². The van der Waals surface area contributed by atoms with Crippen molar-refractivity contribution in [2.75, 3.05) is 0 Å². The van der Waals surface area contributed by atoms with Crippen molar-refractivity contribution in [1.82, 2.24) is 0 Å². The first kappa shape index (κ1) is 9.70. The lowest BCUT2D eigenvalue weighted by Gasteiger charge is -2.06. The van der Waals surface area contributed by atoms with E-state index < -0.39 is 6.61 Å². The van der Waals surface area contributed by atoms with Gasteiger partial charge in [-0.05, 0) is 47.2 Å². The molecule has 0 amide bonds. The fraction of sp³-hybridized carbons (Fsp3) is 0.250. The zero-order valence-corrected chi connectivity index (χ0v) is 8.51. The second-order valence-corrected chi connectivity index (χ2v) is 3.47. The average molecular weight is 284 g/mol. The first-order chi connectivity index (χ1) is 5.59. The summed E-state index contributed by atoms with van der Waals surface area (Å²) in [5, 5.41) is 0. The molecule has 66 valence electrons. The van der Waals surface area contributed by atoms with Gasteiger partial charge in [0, 0.05) is 0 Å². The summed E-state index contributed by atoms with van der Waals surface area (Å²) in [6.45, 7) is -0.922. The van der Waals surface area contributed by atoms with Gasteiger partial charge in [-0.15, -0.1) is 0 Å². The van der Waals surface area contributed by atoms with E-state index in [9.17, 15) is 8.78 Å². The number of hydrogen-bond donors (Lipinski definition) is 0. The Hall–Kier alpha value is -0.390. The van der Waals surface area contributed by atoms with Crippen LogP contribution in [0.15, 0.2) is 18.2 Å². The Morgan fingerprint density at radius 2 is 2.08 bits per heavy atom. The van der Waals surface area contributed by atoms with Gasteiger partial charge in [0.1, 0.15) is 5.75 Å². The van der Waals surface area contributed by atoms with Gasteiger partial charge in [-0.3, -0.25) is 0 Å². The van der Waals surface area contributed by atoms with E-state index in [1.165, 1.54) is 0 Å². The Kier molecular flexibility index (Phi) is 3.25. The monoisotopic (exact) mass is 284 g/mol.